The molecule has 1 aromatic rings. The molecule has 0 aromatic heterocycles. The van der Waals surface area contributed by atoms with Crippen molar-refractivity contribution < 1.29 is 17.7 Å². The summed E-state index contributed by atoms with van der Waals surface area (Å²) in [5, 5.41) is 0. The van der Waals surface area contributed by atoms with Crippen LogP contribution in [0.25, 0.3) is 0 Å². The van der Waals surface area contributed by atoms with E-state index in [0.717, 1.165) is 6.07 Å². The van der Waals surface area contributed by atoms with Crippen LogP contribution in [0.3, 0.4) is 0 Å². The number of aryl methyl sites for hydroxylation is 1. The van der Waals surface area contributed by atoms with Crippen LogP contribution in [-0.2, 0) is 0 Å². The van der Waals surface area contributed by atoms with E-state index < -0.39 is 12.4 Å². The molecular formula is C10H10BClF3O-. The third-order valence-corrected chi connectivity index (χ3v) is 2.12. The summed E-state index contributed by atoms with van der Waals surface area (Å²) >= 11 is 5.24. The summed E-state index contributed by atoms with van der Waals surface area (Å²) in [5.74, 6) is -0.159. The van der Waals surface area contributed by atoms with E-state index in [9.17, 15) is 12.9 Å². The summed E-state index contributed by atoms with van der Waals surface area (Å²) in [4.78, 5) is 0. The Morgan fingerprint density at radius 1 is 1.38 bits per heavy atom. The van der Waals surface area contributed by atoms with E-state index in [1.165, 1.54) is 17.7 Å². The minimum atomic E-state index is -5.06. The predicted molar refractivity (Wildman–Crippen MR) is 60.4 cm³/mol. The lowest BCUT2D eigenvalue weighted by molar-refractivity contribution is 0.363. The summed E-state index contributed by atoms with van der Waals surface area (Å²) in [7, 11) is 0. The Morgan fingerprint density at radius 3 is 2.62 bits per heavy atom. The van der Waals surface area contributed by atoms with Crippen molar-refractivity contribution in [3.8, 4) is 5.75 Å². The average molecular weight is 249 g/mol. The molecule has 0 fully saturated rings. The molecule has 0 aliphatic heterocycles. The first-order chi connectivity index (χ1) is 7.45. The monoisotopic (exact) mass is 249 g/mol. The molecule has 0 bridgehead atoms. The van der Waals surface area contributed by atoms with Crippen molar-refractivity contribution in [3.63, 3.8) is 0 Å². The molecule has 1 nitrogen and oxygen atoms in total. The van der Waals surface area contributed by atoms with Crippen molar-refractivity contribution in [2.75, 3.05) is 6.61 Å². The molecule has 0 amide bonds. The highest BCUT2D eigenvalue weighted by atomic mass is 35.5. The van der Waals surface area contributed by atoms with Gasteiger partial charge in [-0.2, -0.15) is 0 Å². The number of halogens is 4. The second-order valence-corrected chi connectivity index (χ2v) is 3.54. The molecule has 0 atom stereocenters. The van der Waals surface area contributed by atoms with Crippen molar-refractivity contribution in [2.45, 2.75) is 6.92 Å². The third kappa shape index (κ3) is 3.49. The van der Waals surface area contributed by atoms with Gasteiger partial charge in [0.15, 0.2) is 0 Å². The first-order valence-corrected chi connectivity index (χ1v) is 5.07. The highest BCUT2D eigenvalue weighted by Gasteiger charge is 2.29. The molecule has 88 valence electrons. The fourth-order valence-electron chi connectivity index (χ4n) is 1.23. The Morgan fingerprint density at radius 2 is 2.06 bits per heavy atom. The second kappa shape index (κ2) is 5.30. The van der Waals surface area contributed by atoms with Crippen LogP contribution in [0.2, 0.25) is 0 Å². The van der Waals surface area contributed by atoms with Gasteiger partial charge in [0.2, 0.25) is 0 Å². The molecule has 0 saturated heterocycles. The maximum absolute atomic E-state index is 12.7. The lowest BCUT2D eigenvalue weighted by Crippen LogP contribution is -2.35. The smallest absolute Gasteiger partial charge is 0.492 e. The van der Waals surface area contributed by atoms with Gasteiger partial charge < -0.3 is 17.7 Å². The van der Waals surface area contributed by atoms with Crippen molar-refractivity contribution in [1.29, 1.82) is 0 Å². The van der Waals surface area contributed by atoms with Gasteiger partial charge in [0.25, 0.3) is 0 Å². The van der Waals surface area contributed by atoms with Gasteiger partial charge in [0, 0.05) is 5.54 Å². The SMILES string of the molecule is Cc1ccc(OC/C=C/Cl)c([B-](F)(F)F)c1. The van der Waals surface area contributed by atoms with Crippen molar-refractivity contribution in [1.82, 2.24) is 0 Å². The van der Waals surface area contributed by atoms with Crippen LogP contribution < -0.4 is 10.2 Å². The van der Waals surface area contributed by atoms with Gasteiger partial charge in [-0.05, 0) is 19.1 Å². The Labute approximate surface area is 96.9 Å². The van der Waals surface area contributed by atoms with E-state index in [4.69, 9.17) is 16.3 Å². The largest absolute Gasteiger partial charge is 0.513 e. The highest BCUT2D eigenvalue weighted by Crippen LogP contribution is 2.19. The molecule has 0 heterocycles. The molecule has 0 N–H and O–H groups in total. The molecular weight excluding hydrogens is 239 g/mol. The van der Waals surface area contributed by atoms with E-state index in [1.807, 2.05) is 0 Å². The van der Waals surface area contributed by atoms with E-state index in [2.05, 4.69) is 0 Å². The van der Waals surface area contributed by atoms with Crippen LogP contribution in [0.1, 0.15) is 5.56 Å². The summed E-state index contributed by atoms with van der Waals surface area (Å²) in [6.07, 6.45) is 1.43. The van der Waals surface area contributed by atoms with Gasteiger partial charge in [0.1, 0.15) is 6.61 Å². The minimum absolute atomic E-state index is 0.0196. The zero-order chi connectivity index (χ0) is 12.2. The first-order valence-electron chi connectivity index (χ1n) is 4.63. The van der Waals surface area contributed by atoms with Crippen molar-refractivity contribution in [3.05, 3.63) is 35.4 Å². The molecule has 0 aliphatic rings. The number of benzene rings is 1. The van der Waals surface area contributed by atoms with Crippen LogP contribution in [0.15, 0.2) is 29.8 Å². The lowest BCUT2D eigenvalue weighted by atomic mass is 9.78. The molecule has 6 heteroatoms. The summed E-state index contributed by atoms with van der Waals surface area (Å²) in [6.45, 7) is -3.43. The van der Waals surface area contributed by atoms with E-state index >= 15 is 0 Å². The van der Waals surface area contributed by atoms with Gasteiger partial charge in [-0.15, -0.1) is 0 Å². The molecule has 0 spiro atoms. The predicted octanol–water partition coefficient (Wildman–Crippen LogP) is 3.18. The van der Waals surface area contributed by atoms with Crippen LogP contribution in [-0.4, -0.2) is 13.6 Å². The molecule has 1 rings (SSSR count). The zero-order valence-corrected chi connectivity index (χ0v) is 9.35. The van der Waals surface area contributed by atoms with Gasteiger partial charge >= 0.3 is 6.98 Å². The lowest BCUT2D eigenvalue weighted by Gasteiger charge is -2.20. The second-order valence-electron chi connectivity index (χ2n) is 3.29. The average Bonchev–Trinajstić information content (AvgIpc) is 2.19. The zero-order valence-electron chi connectivity index (χ0n) is 8.59. The molecule has 0 saturated carbocycles. The molecule has 1 aromatic carbocycles. The fraction of sp³-hybridized carbons (Fsp3) is 0.200. The summed E-state index contributed by atoms with van der Waals surface area (Å²) in [6, 6.07) is 3.98. The topological polar surface area (TPSA) is 9.23 Å². The van der Waals surface area contributed by atoms with Gasteiger partial charge in [-0.3, -0.25) is 0 Å². The van der Waals surface area contributed by atoms with Crippen LogP contribution in [0.5, 0.6) is 5.75 Å². The Kier molecular flexibility index (Phi) is 4.30. The third-order valence-electron chi connectivity index (χ3n) is 1.94. The molecule has 0 radical (unpaired) electrons. The number of hydrogen-bond acceptors (Lipinski definition) is 1. The minimum Gasteiger partial charge on any atom is -0.492 e. The van der Waals surface area contributed by atoms with Gasteiger partial charge in [-0.25, -0.2) is 0 Å². The quantitative estimate of drug-likeness (QED) is 0.745. The molecule has 0 unspecified atom stereocenters. The van der Waals surface area contributed by atoms with E-state index in [1.54, 1.807) is 13.0 Å². The van der Waals surface area contributed by atoms with Crippen molar-refractivity contribution in [2.24, 2.45) is 0 Å². The molecule has 16 heavy (non-hydrogen) atoms. The van der Waals surface area contributed by atoms with Crippen molar-refractivity contribution >= 4 is 24.0 Å². The maximum atomic E-state index is 12.7. The number of rotatable bonds is 4. The van der Waals surface area contributed by atoms with Crippen LogP contribution >= 0.6 is 11.6 Å². The summed E-state index contributed by atoms with van der Waals surface area (Å²) < 4.78 is 43.0. The normalized spacial score (nSPS) is 12.1. The molecule has 0 aliphatic carbocycles. The first kappa shape index (κ1) is 13.0. The Bertz CT molecular complexity index is 390. The number of ether oxygens (including phenoxy) is 1. The van der Waals surface area contributed by atoms with E-state index in [-0.39, 0.29) is 12.4 Å². The van der Waals surface area contributed by atoms with Gasteiger partial charge in [0.05, 0.1) is 5.75 Å². The Balaban J connectivity index is 2.99. The Hall–Kier alpha value is -1.10. The maximum Gasteiger partial charge on any atom is 0.513 e. The number of hydrogen-bond donors (Lipinski definition) is 0. The standard InChI is InChI=1S/C10H10BClF3O/c1-8-3-4-10(16-6-2-5-12)9(7-8)11(13,14)15/h2-5,7H,6H2,1H3/q-1/b5-2+. The highest BCUT2D eigenvalue weighted by molar-refractivity contribution is 6.74. The van der Waals surface area contributed by atoms with E-state index in [0.29, 0.717) is 5.56 Å². The summed E-state index contributed by atoms with van der Waals surface area (Å²) in [5.41, 5.74) is 1.05. The van der Waals surface area contributed by atoms with Crippen LogP contribution in [0, 0.1) is 6.92 Å². The fourth-order valence-corrected chi connectivity index (χ4v) is 1.30. The van der Waals surface area contributed by atoms with Gasteiger partial charge in [-0.1, -0.05) is 34.8 Å². The van der Waals surface area contributed by atoms with Crippen LogP contribution in [0.4, 0.5) is 12.9 Å².